The Morgan fingerprint density at radius 1 is 1.16 bits per heavy atom. The largest absolute Gasteiger partial charge is 0.496 e. The van der Waals surface area contributed by atoms with Gasteiger partial charge in [-0.1, -0.05) is 30.3 Å². The van der Waals surface area contributed by atoms with Gasteiger partial charge in [0.15, 0.2) is 0 Å². The van der Waals surface area contributed by atoms with E-state index in [1.54, 1.807) is 7.11 Å². The second-order valence-corrected chi connectivity index (χ2v) is 9.90. The number of H-pyrrole nitrogens is 1. The van der Waals surface area contributed by atoms with Gasteiger partial charge in [0.05, 0.1) is 12.6 Å². The number of methoxy groups -OCH3 is 1. The lowest BCUT2D eigenvalue weighted by atomic mass is 9.73. The first-order valence-electron chi connectivity index (χ1n) is 11.2. The Morgan fingerprint density at radius 2 is 2.03 bits per heavy atom. The summed E-state index contributed by atoms with van der Waals surface area (Å²) < 4.78 is 8.72. The van der Waals surface area contributed by atoms with Crippen LogP contribution in [-0.2, 0) is 13.0 Å². The number of fused-ring (bicyclic) bond motifs is 6. The summed E-state index contributed by atoms with van der Waals surface area (Å²) in [5, 5.41) is 4.61. The Bertz CT molecular complexity index is 1440. The minimum absolute atomic E-state index is 0.193. The molecule has 0 saturated carbocycles. The van der Waals surface area contributed by atoms with E-state index >= 15 is 0 Å². The van der Waals surface area contributed by atoms with Crippen molar-refractivity contribution in [2.75, 3.05) is 13.7 Å². The van der Waals surface area contributed by atoms with E-state index in [9.17, 15) is 9.59 Å². The summed E-state index contributed by atoms with van der Waals surface area (Å²) in [6, 6.07) is 14.3. The third-order valence-corrected chi connectivity index (χ3v) is 8.41. The van der Waals surface area contributed by atoms with E-state index in [0.717, 1.165) is 41.6 Å². The van der Waals surface area contributed by atoms with Crippen LogP contribution in [0.15, 0.2) is 52.1 Å². The van der Waals surface area contributed by atoms with Crippen LogP contribution in [-0.4, -0.2) is 29.2 Å². The molecule has 6 rings (SSSR count). The van der Waals surface area contributed by atoms with Crippen molar-refractivity contribution >= 4 is 31.6 Å². The second-order valence-electron chi connectivity index (χ2n) is 8.85. The zero-order chi connectivity index (χ0) is 21.8. The average Bonchev–Trinajstić information content (AvgIpc) is 3.40. The van der Waals surface area contributed by atoms with Crippen molar-refractivity contribution in [3.8, 4) is 5.75 Å². The van der Waals surface area contributed by atoms with Crippen LogP contribution >= 0.6 is 11.3 Å². The van der Waals surface area contributed by atoms with Crippen molar-refractivity contribution < 1.29 is 4.74 Å². The number of aromatic nitrogens is 2. The van der Waals surface area contributed by atoms with Gasteiger partial charge in [0.2, 0.25) is 0 Å². The summed E-state index contributed by atoms with van der Waals surface area (Å²) in [6.07, 6.45) is 2.95. The zero-order valence-electron chi connectivity index (χ0n) is 17.9. The van der Waals surface area contributed by atoms with Gasteiger partial charge in [-0.2, -0.15) is 0 Å². The first kappa shape index (κ1) is 19.8. The summed E-state index contributed by atoms with van der Waals surface area (Å²) in [6.45, 7) is 1.36. The molecule has 32 heavy (non-hydrogen) atoms. The van der Waals surface area contributed by atoms with Crippen LogP contribution in [0.25, 0.3) is 20.3 Å². The fourth-order valence-corrected chi connectivity index (χ4v) is 6.88. The van der Waals surface area contributed by atoms with Gasteiger partial charge in [0.25, 0.3) is 5.56 Å². The van der Waals surface area contributed by atoms with Crippen molar-refractivity contribution in [1.82, 2.24) is 14.9 Å². The number of aromatic amines is 1. The quantitative estimate of drug-likeness (QED) is 0.501. The fourth-order valence-electron chi connectivity index (χ4n) is 5.77. The predicted octanol–water partition coefficient (Wildman–Crippen LogP) is 3.62. The van der Waals surface area contributed by atoms with Gasteiger partial charge in [0, 0.05) is 34.2 Å². The molecule has 3 atom stereocenters. The van der Waals surface area contributed by atoms with Crippen LogP contribution in [0.3, 0.4) is 0 Å². The van der Waals surface area contributed by atoms with Crippen molar-refractivity contribution in [2.24, 2.45) is 5.92 Å². The van der Waals surface area contributed by atoms with Crippen molar-refractivity contribution in [2.45, 2.75) is 37.8 Å². The third-order valence-electron chi connectivity index (χ3n) is 7.25. The number of nitrogens with zero attached hydrogens (tertiary/aromatic N) is 1. The summed E-state index contributed by atoms with van der Waals surface area (Å²) in [4.78, 5) is 29.0. The Morgan fingerprint density at radius 3 is 2.91 bits per heavy atom. The molecule has 164 valence electrons. The van der Waals surface area contributed by atoms with Gasteiger partial charge in [-0.25, -0.2) is 4.79 Å². The Balaban J connectivity index is 1.34. The van der Waals surface area contributed by atoms with Crippen molar-refractivity contribution in [3.63, 3.8) is 0 Å². The van der Waals surface area contributed by atoms with Crippen LogP contribution < -0.4 is 21.3 Å². The number of aryl methyl sites for hydroxylation is 1. The molecule has 0 amide bonds. The third kappa shape index (κ3) is 2.95. The molecule has 1 saturated heterocycles. The molecule has 2 aromatic heterocycles. The van der Waals surface area contributed by atoms with Gasteiger partial charge in [-0.05, 0) is 49.4 Å². The lowest BCUT2D eigenvalue weighted by Gasteiger charge is -2.32. The van der Waals surface area contributed by atoms with Crippen LogP contribution in [0.1, 0.15) is 29.9 Å². The number of thiophene rings is 1. The van der Waals surface area contributed by atoms with Gasteiger partial charge < -0.3 is 15.0 Å². The standard InChI is InChI=1S/C25H25N3O3S/c1-31-18-7-4-5-14-9-10-15-13-26-17(20(15)21(14)18)11-12-28-24(29)23-22(27-25(28)30)16-6-2-3-8-19(16)32-23/h2-8,15,17,20,26H,9-13H2,1H3,(H,27,30)/t15-,17?,20-/m1/s1. The maximum Gasteiger partial charge on any atom is 0.328 e. The fraction of sp³-hybridized carbons (Fsp3) is 0.360. The molecule has 0 spiro atoms. The topological polar surface area (TPSA) is 76.1 Å². The summed E-state index contributed by atoms with van der Waals surface area (Å²) in [5.74, 6) is 1.86. The number of hydrogen-bond donors (Lipinski definition) is 2. The highest BCUT2D eigenvalue weighted by Gasteiger charge is 2.41. The highest BCUT2D eigenvalue weighted by molar-refractivity contribution is 7.25. The van der Waals surface area contributed by atoms with Gasteiger partial charge >= 0.3 is 5.69 Å². The molecule has 3 heterocycles. The van der Waals surface area contributed by atoms with Gasteiger partial charge in [0.1, 0.15) is 10.4 Å². The van der Waals surface area contributed by atoms with E-state index < -0.39 is 0 Å². The molecule has 7 heteroatoms. The average molecular weight is 448 g/mol. The molecular weight excluding hydrogens is 422 g/mol. The smallest absolute Gasteiger partial charge is 0.328 e. The zero-order valence-corrected chi connectivity index (χ0v) is 18.7. The van der Waals surface area contributed by atoms with E-state index in [-0.39, 0.29) is 17.3 Å². The number of benzene rings is 2. The number of ether oxygens (including phenoxy) is 1. The lowest BCUT2D eigenvalue weighted by Crippen LogP contribution is -2.37. The summed E-state index contributed by atoms with van der Waals surface area (Å²) in [5.41, 5.74) is 2.80. The first-order valence-corrected chi connectivity index (χ1v) is 12.0. The lowest BCUT2D eigenvalue weighted by molar-refractivity contribution is 0.358. The molecule has 1 aliphatic heterocycles. The van der Waals surface area contributed by atoms with E-state index in [2.05, 4.69) is 22.4 Å². The number of hydrogen-bond acceptors (Lipinski definition) is 5. The monoisotopic (exact) mass is 447 g/mol. The molecule has 0 radical (unpaired) electrons. The molecule has 0 bridgehead atoms. The van der Waals surface area contributed by atoms with Crippen LogP contribution in [0, 0.1) is 5.92 Å². The molecule has 6 nitrogen and oxygen atoms in total. The Kier molecular flexibility index (Phi) is 4.69. The minimum Gasteiger partial charge on any atom is -0.496 e. The predicted molar refractivity (Wildman–Crippen MR) is 128 cm³/mol. The molecule has 4 aromatic rings. The Labute approximate surface area is 188 Å². The molecule has 1 aliphatic carbocycles. The second kappa shape index (κ2) is 7.60. The van der Waals surface area contributed by atoms with Crippen molar-refractivity contribution in [1.29, 1.82) is 0 Å². The molecule has 2 N–H and O–H groups in total. The van der Waals surface area contributed by atoms with Crippen LogP contribution in [0.4, 0.5) is 0 Å². The van der Waals surface area contributed by atoms with Gasteiger partial charge in [-0.3, -0.25) is 9.36 Å². The molecule has 1 unspecified atom stereocenters. The van der Waals surface area contributed by atoms with E-state index in [0.29, 0.717) is 28.6 Å². The SMILES string of the molecule is COc1cccc2c1[C@H]1C(CCn3c(=O)[nH]c4c(sc5ccccc54)c3=O)NC[C@H]1CC2. The normalized spacial score (nSPS) is 22.2. The van der Waals surface area contributed by atoms with E-state index in [1.165, 1.54) is 27.0 Å². The van der Waals surface area contributed by atoms with E-state index in [1.807, 2.05) is 30.3 Å². The molecular formula is C25H25N3O3S. The maximum atomic E-state index is 13.2. The maximum absolute atomic E-state index is 13.2. The summed E-state index contributed by atoms with van der Waals surface area (Å²) in [7, 11) is 1.73. The molecule has 2 aromatic carbocycles. The number of rotatable bonds is 4. The highest BCUT2D eigenvalue weighted by atomic mass is 32.1. The number of nitrogens with one attached hydrogen (secondary N) is 2. The minimum atomic E-state index is -0.331. The van der Waals surface area contributed by atoms with Crippen LogP contribution in [0.2, 0.25) is 0 Å². The van der Waals surface area contributed by atoms with Gasteiger partial charge in [-0.15, -0.1) is 11.3 Å². The first-order chi connectivity index (χ1) is 15.7. The van der Waals surface area contributed by atoms with Crippen molar-refractivity contribution in [3.05, 3.63) is 74.4 Å². The van der Waals surface area contributed by atoms with E-state index in [4.69, 9.17) is 4.74 Å². The summed E-state index contributed by atoms with van der Waals surface area (Å²) >= 11 is 1.45. The highest BCUT2D eigenvalue weighted by Crippen LogP contribution is 2.46. The molecule has 2 aliphatic rings. The Hall–Kier alpha value is -2.90. The molecule has 1 fully saturated rings. The van der Waals surface area contributed by atoms with Crippen LogP contribution in [0.5, 0.6) is 5.75 Å².